The van der Waals surface area contributed by atoms with Gasteiger partial charge in [-0.15, -0.1) is 0 Å². The van der Waals surface area contributed by atoms with Crippen LogP contribution in [0.4, 0.5) is 0 Å². The van der Waals surface area contributed by atoms with Crippen LogP contribution in [-0.2, 0) is 4.74 Å². The van der Waals surface area contributed by atoms with Crippen molar-refractivity contribution in [1.29, 1.82) is 0 Å². The van der Waals surface area contributed by atoms with Gasteiger partial charge in [-0.1, -0.05) is 6.08 Å². The Kier molecular flexibility index (Phi) is 3.47. The molecule has 0 unspecified atom stereocenters. The predicted octanol–water partition coefficient (Wildman–Crippen LogP) is 0.943. The molecule has 0 saturated carbocycles. The zero-order valence-electron chi connectivity index (χ0n) is 6.52. The molecule has 1 saturated heterocycles. The lowest BCUT2D eigenvalue weighted by Gasteiger charge is -2.14. The summed E-state index contributed by atoms with van der Waals surface area (Å²) in [5, 5.41) is 3.08. The van der Waals surface area contributed by atoms with E-state index in [-0.39, 0.29) is 0 Å². The summed E-state index contributed by atoms with van der Waals surface area (Å²) < 4.78 is 5.28. The van der Waals surface area contributed by atoms with E-state index in [0.717, 1.165) is 19.8 Å². The minimum Gasteiger partial charge on any atom is -0.377 e. The Morgan fingerprint density at radius 1 is 1.70 bits per heavy atom. The van der Waals surface area contributed by atoms with Crippen molar-refractivity contribution in [3.05, 3.63) is 11.6 Å². The Morgan fingerprint density at radius 3 is 3.20 bits per heavy atom. The molecule has 2 nitrogen and oxygen atoms in total. The van der Waals surface area contributed by atoms with Crippen molar-refractivity contribution < 1.29 is 4.74 Å². The quantitative estimate of drug-likeness (QED) is 0.578. The molecule has 1 aliphatic rings. The summed E-state index contributed by atoms with van der Waals surface area (Å²) >= 11 is 0. The molecule has 1 N–H and O–H groups in total. The zero-order valence-corrected chi connectivity index (χ0v) is 6.52. The van der Waals surface area contributed by atoms with Gasteiger partial charge < -0.3 is 10.1 Å². The largest absolute Gasteiger partial charge is 0.377 e. The maximum absolute atomic E-state index is 5.28. The van der Waals surface area contributed by atoms with E-state index >= 15 is 0 Å². The van der Waals surface area contributed by atoms with Crippen molar-refractivity contribution in [3.63, 3.8) is 0 Å². The van der Waals surface area contributed by atoms with Crippen molar-refractivity contribution in [2.75, 3.05) is 26.8 Å². The van der Waals surface area contributed by atoms with Crippen LogP contribution < -0.4 is 5.32 Å². The van der Waals surface area contributed by atoms with E-state index < -0.39 is 0 Å². The number of ether oxygens (including phenoxy) is 1. The first-order valence-electron chi connectivity index (χ1n) is 3.83. The zero-order chi connectivity index (χ0) is 7.23. The molecule has 58 valence electrons. The Morgan fingerprint density at radius 2 is 2.60 bits per heavy atom. The first kappa shape index (κ1) is 7.76. The molecular formula is C8H15NO. The maximum atomic E-state index is 5.28. The highest BCUT2D eigenvalue weighted by atomic mass is 16.5. The summed E-state index contributed by atoms with van der Waals surface area (Å²) in [6, 6.07) is 0. The van der Waals surface area contributed by atoms with Gasteiger partial charge in [0, 0.05) is 13.2 Å². The van der Waals surface area contributed by atoms with Crippen molar-refractivity contribution in [1.82, 2.24) is 5.32 Å². The van der Waals surface area contributed by atoms with Gasteiger partial charge in [0.25, 0.3) is 0 Å². The number of hydrogen-bond donors (Lipinski definition) is 1. The number of rotatable bonds is 2. The third kappa shape index (κ3) is 2.50. The number of nitrogens with one attached hydrogen (secondary N) is 1. The van der Waals surface area contributed by atoms with Crippen molar-refractivity contribution in [3.8, 4) is 0 Å². The van der Waals surface area contributed by atoms with Gasteiger partial charge >= 0.3 is 0 Å². The molecule has 1 fully saturated rings. The third-order valence-corrected chi connectivity index (χ3v) is 1.67. The van der Waals surface area contributed by atoms with E-state index in [0.29, 0.717) is 0 Å². The number of hydrogen-bond acceptors (Lipinski definition) is 2. The highest BCUT2D eigenvalue weighted by molar-refractivity contribution is 5.04. The van der Waals surface area contributed by atoms with Gasteiger partial charge in [0.2, 0.25) is 0 Å². The fourth-order valence-corrected chi connectivity index (χ4v) is 1.08. The molecule has 0 spiro atoms. The fourth-order valence-electron chi connectivity index (χ4n) is 1.08. The predicted molar refractivity (Wildman–Crippen MR) is 42.1 cm³/mol. The molecule has 1 heterocycles. The lowest BCUT2D eigenvalue weighted by Crippen LogP contribution is -2.11. The van der Waals surface area contributed by atoms with Gasteiger partial charge in [-0.3, -0.25) is 0 Å². The van der Waals surface area contributed by atoms with Crippen molar-refractivity contribution in [2.45, 2.75) is 12.8 Å². The maximum Gasteiger partial charge on any atom is 0.0677 e. The Labute approximate surface area is 62.3 Å². The molecule has 1 rings (SSSR count). The monoisotopic (exact) mass is 141 g/mol. The summed E-state index contributed by atoms with van der Waals surface area (Å²) in [5.74, 6) is 0. The molecule has 0 bridgehead atoms. The van der Waals surface area contributed by atoms with Crippen LogP contribution >= 0.6 is 0 Å². The van der Waals surface area contributed by atoms with Crippen LogP contribution in [0.3, 0.4) is 0 Å². The van der Waals surface area contributed by atoms with Crippen LogP contribution in [0, 0.1) is 0 Å². The van der Waals surface area contributed by atoms with Gasteiger partial charge in [0.1, 0.15) is 0 Å². The molecule has 0 amide bonds. The highest BCUT2D eigenvalue weighted by Gasteiger charge is 2.03. The van der Waals surface area contributed by atoms with E-state index in [1.165, 1.54) is 18.4 Å². The first-order chi connectivity index (χ1) is 4.93. The Bertz CT molecular complexity index is 112. The van der Waals surface area contributed by atoms with Crippen LogP contribution in [0.15, 0.2) is 11.6 Å². The average molecular weight is 141 g/mol. The summed E-state index contributed by atoms with van der Waals surface area (Å²) in [7, 11) is 1.96. The normalized spacial score (nSPS) is 23.5. The molecule has 1 aliphatic heterocycles. The number of likely N-dealkylation sites (N-methyl/N-ethyl adjacent to an activating group) is 1. The lowest BCUT2D eigenvalue weighted by atomic mass is 10.1. The van der Waals surface area contributed by atoms with Crippen LogP contribution in [0.25, 0.3) is 0 Å². The van der Waals surface area contributed by atoms with Crippen LogP contribution in [0.1, 0.15) is 12.8 Å². The fraction of sp³-hybridized carbons (Fsp3) is 0.750. The molecular weight excluding hydrogens is 126 g/mol. The molecule has 0 aromatic carbocycles. The van der Waals surface area contributed by atoms with Crippen LogP contribution in [0.5, 0.6) is 0 Å². The van der Waals surface area contributed by atoms with Gasteiger partial charge in [0.15, 0.2) is 0 Å². The lowest BCUT2D eigenvalue weighted by molar-refractivity contribution is 0.129. The van der Waals surface area contributed by atoms with Gasteiger partial charge in [-0.2, -0.15) is 0 Å². The second-order valence-corrected chi connectivity index (χ2v) is 2.58. The molecule has 0 aliphatic carbocycles. The Hall–Kier alpha value is -0.340. The molecule has 0 atom stereocenters. The SMILES string of the molecule is CNCC=C1CCCOC1. The Balaban J connectivity index is 2.23. The molecule has 0 aromatic rings. The van der Waals surface area contributed by atoms with E-state index in [9.17, 15) is 0 Å². The third-order valence-electron chi connectivity index (χ3n) is 1.67. The van der Waals surface area contributed by atoms with Crippen molar-refractivity contribution >= 4 is 0 Å². The summed E-state index contributed by atoms with van der Waals surface area (Å²) in [4.78, 5) is 0. The average Bonchev–Trinajstić information content (AvgIpc) is 2.03. The van der Waals surface area contributed by atoms with Crippen molar-refractivity contribution in [2.24, 2.45) is 0 Å². The van der Waals surface area contributed by atoms with Crippen LogP contribution in [0.2, 0.25) is 0 Å². The topological polar surface area (TPSA) is 21.3 Å². The standard InChI is InChI=1S/C8H15NO/c1-9-5-4-8-3-2-6-10-7-8/h4,9H,2-3,5-7H2,1H3. The summed E-state index contributed by atoms with van der Waals surface area (Å²) in [5.41, 5.74) is 1.45. The summed E-state index contributed by atoms with van der Waals surface area (Å²) in [6.07, 6.45) is 4.64. The smallest absolute Gasteiger partial charge is 0.0677 e. The minimum absolute atomic E-state index is 0.849. The van der Waals surface area contributed by atoms with Crippen LogP contribution in [-0.4, -0.2) is 26.8 Å². The van der Waals surface area contributed by atoms with Gasteiger partial charge in [-0.05, 0) is 25.5 Å². The molecule has 2 heteroatoms. The molecule has 0 aromatic heterocycles. The van der Waals surface area contributed by atoms with E-state index in [1.807, 2.05) is 7.05 Å². The van der Waals surface area contributed by atoms with E-state index in [2.05, 4.69) is 11.4 Å². The summed E-state index contributed by atoms with van der Waals surface area (Å²) in [6.45, 7) is 2.76. The second kappa shape index (κ2) is 4.47. The second-order valence-electron chi connectivity index (χ2n) is 2.58. The first-order valence-corrected chi connectivity index (χ1v) is 3.83. The van der Waals surface area contributed by atoms with Gasteiger partial charge in [0.05, 0.1) is 6.61 Å². The van der Waals surface area contributed by atoms with Gasteiger partial charge in [-0.25, -0.2) is 0 Å². The molecule has 0 radical (unpaired) electrons. The highest BCUT2D eigenvalue weighted by Crippen LogP contribution is 2.10. The molecule has 10 heavy (non-hydrogen) atoms. The van der Waals surface area contributed by atoms with E-state index in [1.54, 1.807) is 0 Å². The minimum atomic E-state index is 0.849. The van der Waals surface area contributed by atoms with E-state index in [4.69, 9.17) is 4.74 Å².